The molecule has 1 heterocycles. The highest BCUT2D eigenvalue weighted by molar-refractivity contribution is 5.90. The van der Waals surface area contributed by atoms with Crippen LogP contribution in [-0.2, 0) is 12.8 Å². The summed E-state index contributed by atoms with van der Waals surface area (Å²) in [5.74, 6) is 2.16. The molecule has 0 atom stereocenters. The van der Waals surface area contributed by atoms with Gasteiger partial charge in [0.1, 0.15) is 5.82 Å². The standard InChI is InChI=1S/C25H33N7O/c1-31(2)23-21-5-3-4-6-22(21)29-25(30-23)28-19-11-7-18(8-12-19)16-32(24(27)33)20-13-9-17(15-26)10-14-20/h9-10,13-14,18-19H,3-8,11-12,16H2,1-2H3,(H2,27,33)(H,28,29,30). The molecule has 2 aliphatic carbocycles. The number of anilines is 3. The van der Waals surface area contributed by atoms with E-state index in [1.165, 1.54) is 24.1 Å². The third-order valence-corrected chi connectivity index (χ3v) is 6.78. The van der Waals surface area contributed by atoms with Crippen LogP contribution in [0.3, 0.4) is 0 Å². The molecule has 33 heavy (non-hydrogen) atoms. The lowest BCUT2D eigenvalue weighted by atomic mass is 9.85. The Labute approximate surface area is 195 Å². The first-order valence-corrected chi connectivity index (χ1v) is 11.9. The number of primary amides is 1. The van der Waals surface area contributed by atoms with Gasteiger partial charge in [-0.25, -0.2) is 9.78 Å². The molecule has 0 spiro atoms. The fourth-order valence-electron chi connectivity index (χ4n) is 4.98. The second-order valence-corrected chi connectivity index (χ2v) is 9.37. The van der Waals surface area contributed by atoms with Gasteiger partial charge < -0.3 is 16.0 Å². The van der Waals surface area contributed by atoms with Gasteiger partial charge in [-0.15, -0.1) is 0 Å². The topological polar surface area (TPSA) is 111 Å². The number of amides is 2. The quantitative estimate of drug-likeness (QED) is 0.696. The highest BCUT2D eigenvalue weighted by Gasteiger charge is 2.26. The maximum Gasteiger partial charge on any atom is 0.319 e. The zero-order chi connectivity index (χ0) is 23.4. The third kappa shape index (κ3) is 5.36. The zero-order valence-corrected chi connectivity index (χ0v) is 19.5. The third-order valence-electron chi connectivity index (χ3n) is 6.78. The van der Waals surface area contributed by atoms with E-state index in [4.69, 9.17) is 21.0 Å². The predicted octanol–water partition coefficient (Wildman–Crippen LogP) is 3.85. The molecule has 0 aliphatic heterocycles. The van der Waals surface area contributed by atoms with Gasteiger partial charge in [-0.2, -0.15) is 10.2 Å². The van der Waals surface area contributed by atoms with Crippen LogP contribution in [0, 0.1) is 17.2 Å². The SMILES string of the molecule is CN(C)c1nc(NC2CCC(CN(C(N)=O)c3ccc(C#N)cc3)CC2)nc2c1CCCC2. The minimum Gasteiger partial charge on any atom is -0.362 e. The molecule has 174 valence electrons. The van der Waals surface area contributed by atoms with E-state index < -0.39 is 6.03 Å². The van der Waals surface area contributed by atoms with E-state index in [-0.39, 0.29) is 0 Å². The minimum atomic E-state index is -0.460. The Morgan fingerprint density at radius 1 is 1.12 bits per heavy atom. The number of aryl methyl sites for hydroxylation is 1. The number of carbonyl (C=O) groups excluding carboxylic acids is 1. The first kappa shape index (κ1) is 22.8. The van der Waals surface area contributed by atoms with Crippen LogP contribution in [0.5, 0.6) is 0 Å². The van der Waals surface area contributed by atoms with Crippen LogP contribution >= 0.6 is 0 Å². The lowest BCUT2D eigenvalue weighted by molar-refractivity contribution is 0.250. The van der Waals surface area contributed by atoms with Crippen molar-refractivity contribution in [3.8, 4) is 6.07 Å². The summed E-state index contributed by atoms with van der Waals surface area (Å²) in [4.78, 5) is 25.5. The molecule has 3 N–H and O–H groups in total. The number of nitriles is 1. The number of nitrogens with one attached hydrogen (secondary N) is 1. The Hall–Kier alpha value is -3.34. The van der Waals surface area contributed by atoms with E-state index in [2.05, 4.69) is 16.3 Å². The molecule has 0 radical (unpaired) electrons. The van der Waals surface area contributed by atoms with E-state index in [1.807, 2.05) is 14.1 Å². The molecule has 1 fully saturated rings. The van der Waals surface area contributed by atoms with Gasteiger partial charge in [-0.3, -0.25) is 4.90 Å². The monoisotopic (exact) mass is 447 g/mol. The second-order valence-electron chi connectivity index (χ2n) is 9.37. The van der Waals surface area contributed by atoms with Crippen LogP contribution in [0.1, 0.15) is 55.3 Å². The van der Waals surface area contributed by atoms with Crippen LogP contribution in [0.25, 0.3) is 0 Å². The zero-order valence-electron chi connectivity index (χ0n) is 19.5. The summed E-state index contributed by atoms with van der Waals surface area (Å²) < 4.78 is 0. The molecular formula is C25H33N7O. The summed E-state index contributed by atoms with van der Waals surface area (Å²) in [6, 6.07) is 8.97. The van der Waals surface area contributed by atoms with Crippen molar-refractivity contribution in [2.24, 2.45) is 11.7 Å². The molecule has 2 aliphatic rings. The van der Waals surface area contributed by atoms with E-state index >= 15 is 0 Å². The van der Waals surface area contributed by atoms with E-state index in [0.717, 1.165) is 56.0 Å². The van der Waals surface area contributed by atoms with Crippen molar-refractivity contribution in [1.82, 2.24) is 9.97 Å². The summed E-state index contributed by atoms with van der Waals surface area (Å²) in [5.41, 5.74) is 9.46. The van der Waals surface area contributed by atoms with Gasteiger partial charge in [-0.05, 0) is 81.5 Å². The fraction of sp³-hybridized carbons (Fsp3) is 0.520. The van der Waals surface area contributed by atoms with Gasteiger partial charge in [0.15, 0.2) is 0 Å². The van der Waals surface area contributed by atoms with E-state index in [9.17, 15) is 4.79 Å². The number of fused-ring (bicyclic) bond motifs is 1. The van der Waals surface area contributed by atoms with Gasteiger partial charge in [0.25, 0.3) is 0 Å². The molecule has 8 nitrogen and oxygen atoms in total. The second kappa shape index (κ2) is 10.1. The van der Waals surface area contributed by atoms with Gasteiger partial charge in [-0.1, -0.05) is 0 Å². The van der Waals surface area contributed by atoms with Crippen LogP contribution in [0.15, 0.2) is 24.3 Å². The number of hydrogen-bond donors (Lipinski definition) is 2. The van der Waals surface area contributed by atoms with Gasteiger partial charge in [0.2, 0.25) is 5.95 Å². The fourth-order valence-corrected chi connectivity index (χ4v) is 4.98. The van der Waals surface area contributed by atoms with Crippen molar-refractivity contribution in [1.29, 1.82) is 5.26 Å². The Morgan fingerprint density at radius 2 is 1.82 bits per heavy atom. The van der Waals surface area contributed by atoms with Gasteiger partial charge >= 0.3 is 6.03 Å². The summed E-state index contributed by atoms with van der Waals surface area (Å²) in [7, 11) is 4.09. The number of carbonyl (C=O) groups is 1. The summed E-state index contributed by atoms with van der Waals surface area (Å²) in [5, 5.41) is 12.6. The number of rotatable bonds is 6. The number of hydrogen-bond acceptors (Lipinski definition) is 6. The Balaban J connectivity index is 1.37. The average molecular weight is 448 g/mol. The molecule has 4 rings (SSSR count). The lowest BCUT2D eigenvalue weighted by Crippen LogP contribution is -2.41. The molecular weight excluding hydrogens is 414 g/mol. The van der Waals surface area contributed by atoms with Crippen molar-refractivity contribution in [3.63, 3.8) is 0 Å². The normalized spacial score (nSPS) is 19.8. The molecule has 2 amide bonds. The van der Waals surface area contributed by atoms with Crippen LogP contribution in [0.4, 0.5) is 22.2 Å². The molecule has 0 saturated heterocycles. The molecule has 8 heteroatoms. The average Bonchev–Trinajstić information content (AvgIpc) is 2.83. The van der Waals surface area contributed by atoms with Crippen LogP contribution < -0.4 is 20.9 Å². The van der Waals surface area contributed by atoms with Crippen molar-refractivity contribution in [2.75, 3.05) is 35.8 Å². The number of benzene rings is 1. The molecule has 1 aromatic heterocycles. The highest BCUT2D eigenvalue weighted by atomic mass is 16.2. The largest absolute Gasteiger partial charge is 0.362 e. The molecule has 0 unspecified atom stereocenters. The first-order chi connectivity index (χ1) is 15.9. The Bertz CT molecular complexity index is 1020. The number of urea groups is 1. The first-order valence-electron chi connectivity index (χ1n) is 11.9. The maximum atomic E-state index is 12.1. The van der Waals surface area contributed by atoms with Crippen molar-refractivity contribution in [2.45, 2.75) is 57.4 Å². The number of nitrogens with two attached hydrogens (primary N) is 1. The highest BCUT2D eigenvalue weighted by Crippen LogP contribution is 2.31. The Morgan fingerprint density at radius 3 is 2.45 bits per heavy atom. The van der Waals surface area contributed by atoms with Crippen molar-refractivity contribution < 1.29 is 4.79 Å². The molecule has 2 aromatic rings. The molecule has 1 aromatic carbocycles. The smallest absolute Gasteiger partial charge is 0.319 e. The summed E-state index contributed by atoms with van der Waals surface area (Å²) >= 11 is 0. The van der Waals surface area contributed by atoms with Crippen molar-refractivity contribution in [3.05, 3.63) is 41.1 Å². The minimum absolute atomic E-state index is 0.329. The van der Waals surface area contributed by atoms with Crippen molar-refractivity contribution >= 4 is 23.5 Å². The molecule has 1 saturated carbocycles. The predicted molar refractivity (Wildman–Crippen MR) is 130 cm³/mol. The Kier molecular flexibility index (Phi) is 6.97. The van der Waals surface area contributed by atoms with Crippen LogP contribution in [-0.4, -0.2) is 42.7 Å². The number of aromatic nitrogens is 2. The summed E-state index contributed by atoms with van der Waals surface area (Å²) in [6.45, 7) is 0.591. The van der Waals surface area contributed by atoms with E-state index in [0.29, 0.717) is 24.1 Å². The number of nitrogens with zero attached hydrogens (tertiary/aromatic N) is 5. The van der Waals surface area contributed by atoms with E-state index in [1.54, 1.807) is 29.2 Å². The summed E-state index contributed by atoms with van der Waals surface area (Å²) in [6.07, 6.45) is 8.50. The van der Waals surface area contributed by atoms with Crippen LogP contribution in [0.2, 0.25) is 0 Å². The van der Waals surface area contributed by atoms with Gasteiger partial charge in [0, 0.05) is 37.9 Å². The lowest BCUT2D eigenvalue weighted by Gasteiger charge is -2.33. The maximum absolute atomic E-state index is 12.1. The van der Waals surface area contributed by atoms with Gasteiger partial charge in [0.05, 0.1) is 17.3 Å². The molecule has 0 bridgehead atoms.